The summed E-state index contributed by atoms with van der Waals surface area (Å²) >= 11 is 5.80. The molecule has 0 saturated heterocycles. The quantitative estimate of drug-likeness (QED) is 0.716. The molecule has 0 radical (unpaired) electrons. The Morgan fingerprint density at radius 2 is 2.17 bits per heavy atom. The second-order valence-electron chi connectivity index (χ2n) is 4.59. The van der Waals surface area contributed by atoms with Gasteiger partial charge in [-0.3, -0.25) is 4.79 Å². The summed E-state index contributed by atoms with van der Waals surface area (Å²) in [6.07, 6.45) is 5.54. The van der Waals surface area contributed by atoms with E-state index in [4.69, 9.17) is 11.6 Å². The molecule has 1 heterocycles. The van der Waals surface area contributed by atoms with Crippen LogP contribution in [-0.2, 0) is 0 Å². The van der Waals surface area contributed by atoms with E-state index in [1.807, 2.05) is 18.7 Å². The molecule has 0 unspecified atom stereocenters. The van der Waals surface area contributed by atoms with E-state index in [0.29, 0.717) is 18.2 Å². The monoisotopic (exact) mass is 271 g/mol. The average molecular weight is 272 g/mol. The third-order valence-electron chi connectivity index (χ3n) is 2.84. The summed E-state index contributed by atoms with van der Waals surface area (Å²) in [4.78, 5) is 18.5. The number of nitrogens with zero attached hydrogens (tertiary/aromatic N) is 3. The van der Waals surface area contributed by atoms with E-state index < -0.39 is 0 Å². The van der Waals surface area contributed by atoms with Crippen molar-refractivity contribution in [3.8, 4) is 0 Å². The van der Waals surface area contributed by atoms with Crippen molar-refractivity contribution in [3.05, 3.63) is 22.7 Å². The molecule has 0 aromatic carbocycles. The first-order valence-corrected chi connectivity index (χ1v) is 7.03. The van der Waals surface area contributed by atoms with E-state index in [-0.39, 0.29) is 11.6 Å². The molecule has 0 bridgehead atoms. The summed E-state index contributed by atoms with van der Waals surface area (Å²) in [7, 11) is 0. The SMILES string of the molecule is CCCCN(CCCl)c1nccn(C(C)C)c1=O. The van der Waals surface area contributed by atoms with Crippen molar-refractivity contribution in [2.24, 2.45) is 0 Å². The maximum Gasteiger partial charge on any atom is 0.293 e. The molecule has 0 atom stereocenters. The van der Waals surface area contributed by atoms with Crippen LogP contribution in [0.3, 0.4) is 0 Å². The smallest absolute Gasteiger partial charge is 0.293 e. The first-order chi connectivity index (χ1) is 8.61. The standard InChI is InChI=1S/C13H22ClN3O/c1-4-5-8-16(9-6-14)12-13(18)17(11(2)3)10-7-15-12/h7,10-11H,4-6,8-9H2,1-3H3. The number of unbranched alkanes of at least 4 members (excludes halogenated alkanes) is 1. The van der Waals surface area contributed by atoms with Crippen molar-refractivity contribution in [2.75, 3.05) is 23.9 Å². The zero-order chi connectivity index (χ0) is 13.5. The van der Waals surface area contributed by atoms with E-state index in [0.717, 1.165) is 19.4 Å². The van der Waals surface area contributed by atoms with E-state index in [2.05, 4.69) is 11.9 Å². The lowest BCUT2D eigenvalue weighted by atomic mass is 10.3. The summed E-state index contributed by atoms with van der Waals surface area (Å²) in [6, 6.07) is 0.142. The summed E-state index contributed by atoms with van der Waals surface area (Å²) < 4.78 is 1.70. The Morgan fingerprint density at radius 1 is 1.44 bits per heavy atom. The Labute approximate surface area is 114 Å². The van der Waals surface area contributed by atoms with Gasteiger partial charge >= 0.3 is 0 Å². The topological polar surface area (TPSA) is 38.1 Å². The van der Waals surface area contributed by atoms with Gasteiger partial charge in [-0.25, -0.2) is 4.98 Å². The van der Waals surface area contributed by atoms with E-state index in [9.17, 15) is 4.79 Å². The average Bonchev–Trinajstić information content (AvgIpc) is 2.34. The Bertz CT molecular complexity index is 417. The number of anilines is 1. The second kappa shape index (κ2) is 7.41. The lowest BCUT2D eigenvalue weighted by Crippen LogP contribution is -2.35. The minimum Gasteiger partial charge on any atom is -0.351 e. The third kappa shape index (κ3) is 3.73. The van der Waals surface area contributed by atoms with Gasteiger partial charge in [0.05, 0.1) is 0 Å². The van der Waals surface area contributed by atoms with Crippen LogP contribution in [0.1, 0.15) is 39.7 Å². The van der Waals surface area contributed by atoms with Gasteiger partial charge in [0.2, 0.25) is 0 Å². The van der Waals surface area contributed by atoms with Gasteiger partial charge in [-0.1, -0.05) is 13.3 Å². The van der Waals surface area contributed by atoms with Crippen molar-refractivity contribution < 1.29 is 0 Å². The van der Waals surface area contributed by atoms with Crippen molar-refractivity contribution in [1.29, 1.82) is 0 Å². The molecule has 1 aromatic heterocycles. The van der Waals surface area contributed by atoms with Gasteiger partial charge in [-0.15, -0.1) is 11.6 Å². The molecule has 18 heavy (non-hydrogen) atoms. The molecule has 0 aliphatic rings. The van der Waals surface area contributed by atoms with Gasteiger partial charge in [-0.05, 0) is 20.3 Å². The van der Waals surface area contributed by atoms with E-state index >= 15 is 0 Å². The number of hydrogen-bond donors (Lipinski definition) is 0. The number of aromatic nitrogens is 2. The van der Waals surface area contributed by atoms with Gasteiger partial charge in [0.15, 0.2) is 5.82 Å². The first kappa shape index (κ1) is 15.0. The van der Waals surface area contributed by atoms with Crippen LogP contribution in [0, 0.1) is 0 Å². The second-order valence-corrected chi connectivity index (χ2v) is 4.96. The number of rotatable bonds is 7. The predicted molar refractivity (Wildman–Crippen MR) is 76.7 cm³/mol. The highest BCUT2D eigenvalue weighted by Crippen LogP contribution is 2.08. The third-order valence-corrected chi connectivity index (χ3v) is 3.01. The van der Waals surface area contributed by atoms with Crippen molar-refractivity contribution >= 4 is 17.4 Å². The normalized spacial score (nSPS) is 10.9. The van der Waals surface area contributed by atoms with Crippen LogP contribution in [0.2, 0.25) is 0 Å². The van der Waals surface area contributed by atoms with Gasteiger partial charge in [-0.2, -0.15) is 0 Å². The zero-order valence-electron chi connectivity index (χ0n) is 11.4. The summed E-state index contributed by atoms with van der Waals surface area (Å²) in [5.74, 6) is 1.02. The molecule has 0 aliphatic carbocycles. The molecular formula is C13H22ClN3O. The molecule has 1 rings (SSSR count). The van der Waals surface area contributed by atoms with E-state index in [1.54, 1.807) is 17.0 Å². The van der Waals surface area contributed by atoms with Crippen LogP contribution in [0.5, 0.6) is 0 Å². The Hall–Kier alpha value is -1.03. The minimum atomic E-state index is -0.0336. The first-order valence-electron chi connectivity index (χ1n) is 6.49. The number of halogens is 1. The Balaban J connectivity index is 3.04. The number of hydrogen-bond acceptors (Lipinski definition) is 3. The lowest BCUT2D eigenvalue weighted by Gasteiger charge is -2.23. The molecule has 102 valence electrons. The molecular weight excluding hydrogens is 250 g/mol. The highest BCUT2D eigenvalue weighted by atomic mass is 35.5. The van der Waals surface area contributed by atoms with Crippen molar-refractivity contribution in [2.45, 2.75) is 39.7 Å². The fraction of sp³-hybridized carbons (Fsp3) is 0.692. The molecule has 0 amide bonds. The van der Waals surface area contributed by atoms with Crippen molar-refractivity contribution in [1.82, 2.24) is 9.55 Å². The number of alkyl halides is 1. The maximum atomic E-state index is 12.3. The fourth-order valence-corrected chi connectivity index (χ4v) is 2.02. The minimum absolute atomic E-state index is 0.0336. The summed E-state index contributed by atoms with van der Waals surface area (Å²) in [5.41, 5.74) is -0.0336. The van der Waals surface area contributed by atoms with Crippen LogP contribution in [-0.4, -0.2) is 28.5 Å². The molecule has 0 aliphatic heterocycles. The lowest BCUT2D eigenvalue weighted by molar-refractivity contribution is 0.570. The maximum absolute atomic E-state index is 12.3. The van der Waals surface area contributed by atoms with Crippen LogP contribution >= 0.6 is 11.6 Å². The molecule has 0 saturated carbocycles. The molecule has 0 N–H and O–H groups in total. The molecule has 1 aromatic rings. The van der Waals surface area contributed by atoms with Gasteiger partial charge in [0.1, 0.15) is 0 Å². The van der Waals surface area contributed by atoms with Gasteiger partial charge in [0, 0.05) is 37.4 Å². The highest BCUT2D eigenvalue weighted by molar-refractivity contribution is 6.18. The summed E-state index contributed by atoms with van der Waals surface area (Å²) in [6.45, 7) is 7.59. The highest BCUT2D eigenvalue weighted by Gasteiger charge is 2.13. The Kier molecular flexibility index (Phi) is 6.19. The molecule has 5 heteroatoms. The van der Waals surface area contributed by atoms with Crippen LogP contribution < -0.4 is 10.5 Å². The van der Waals surface area contributed by atoms with Crippen molar-refractivity contribution in [3.63, 3.8) is 0 Å². The predicted octanol–water partition coefficient (Wildman–Crippen LogP) is 2.67. The van der Waals surface area contributed by atoms with Crippen LogP contribution in [0.15, 0.2) is 17.2 Å². The van der Waals surface area contributed by atoms with Crippen LogP contribution in [0.25, 0.3) is 0 Å². The van der Waals surface area contributed by atoms with Crippen LogP contribution in [0.4, 0.5) is 5.82 Å². The Morgan fingerprint density at radius 3 is 2.72 bits per heavy atom. The molecule has 0 fully saturated rings. The largest absolute Gasteiger partial charge is 0.351 e. The van der Waals surface area contributed by atoms with Gasteiger partial charge < -0.3 is 9.47 Å². The van der Waals surface area contributed by atoms with Gasteiger partial charge in [0.25, 0.3) is 5.56 Å². The molecule has 0 spiro atoms. The van der Waals surface area contributed by atoms with E-state index in [1.165, 1.54) is 0 Å². The zero-order valence-corrected chi connectivity index (χ0v) is 12.2. The summed E-state index contributed by atoms with van der Waals surface area (Å²) in [5, 5.41) is 0. The molecule has 4 nitrogen and oxygen atoms in total. The fourth-order valence-electron chi connectivity index (χ4n) is 1.81.